The molecule has 1 aliphatic carbocycles. The van der Waals surface area contributed by atoms with Crippen LogP contribution in [0.4, 0.5) is 19.3 Å². The molecular formula is C23H32F2N4O3S2. The molecule has 0 radical (unpaired) electrons. The summed E-state index contributed by atoms with van der Waals surface area (Å²) >= 11 is 0. The molecule has 2 aromatic rings. The zero-order chi connectivity index (χ0) is 24.3. The van der Waals surface area contributed by atoms with Crippen LogP contribution in [0, 0.1) is 0 Å². The van der Waals surface area contributed by atoms with Crippen molar-refractivity contribution in [3.05, 3.63) is 53.1 Å². The molecule has 0 aromatic heterocycles. The minimum atomic E-state index is -3.47. The standard InChI is InChI=1S/C23H30F2N4O3S.H2S/c1-14(2)19-11-17(32-22(24)25)12-20(16-7-8-16)21(19)27-23(30)28-33(26,31)18-9-5-15(6-10-18)13-29(3)4;/h5-6,9-12,14,16,22H,7-8,13H2,1-4H3,(H3,26,27,28,30,31);1H2. The number of carbonyl (C=O) groups is 1. The molecule has 188 valence electrons. The van der Waals surface area contributed by atoms with Crippen molar-refractivity contribution >= 4 is 35.1 Å². The summed E-state index contributed by atoms with van der Waals surface area (Å²) in [6.07, 6.45) is 1.76. The van der Waals surface area contributed by atoms with Gasteiger partial charge in [-0.25, -0.2) is 14.1 Å². The number of hydrogen-bond acceptors (Lipinski definition) is 4. The summed E-state index contributed by atoms with van der Waals surface area (Å²) in [6, 6.07) is 8.94. The summed E-state index contributed by atoms with van der Waals surface area (Å²) in [4.78, 5) is 15.0. The van der Waals surface area contributed by atoms with E-state index in [-0.39, 0.29) is 36.0 Å². The molecule has 1 fully saturated rings. The number of anilines is 1. The third-order valence-corrected chi connectivity index (χ3v) is 6.63. The second-order valence-electron chi connectivity index (χ2n) is 8.76. The maximum atomic E-state index is 13.0. The van der Waals surface area contributed by atoms with E-state index in [2.05, 4.69) is 14.4 Å². The molecule has 1 atom stereocenters. The SMILES string of the molecule is CC(C)c1cc(OC(F)F)cc(C2CC2)c1NC(=O)N=S(N)(=O)c1ccc(CN(C)C)cc1.S. The quantitative estimate of drug-likeness (QED) is 0.493. The minimum Gasteiger partial charge on any atom is -0.435 e. The van der Waals surface area contributed by atoms with Gasteiger partial charge in [-0.3, -0.25) is 0 Å². The van der Waals surface area contributed by atoms with Gasteiger partial charge in [0.05, 0.1) is 4.90 Å². The first kappa shape index (κ1) is 28.0. The van der Waals surface area contributed by atoms with Gasteiger partial charge < -0.3 is 15.0 Å². The van der Waals surface area contributed by atoms with E-state index < -0.39 is 22.6 Å². The Bertz CT molecular complexity index is 1100. The van der Waals surface area contributed by atoms with Crippen LogP contribution in [0.2, 0.25) is 0 Å². The van der Waals surface area contributed by atoms with E-state index in [1.165, 1.54) is 12.1 Å². The fourth-order valence-corrected chi connectivity index (χ4v) is 4.53. The van der Waals surface area contributed by atoms with Crippen molar-refractivity contribution < 1.29 is 22.5 Å². The number of rotatable bonds is 8. The summed E-state index contributed by atoms with van der Waals surface area (Å²) in [6.45, 7) is 1.52. The summed E-state index contributed by atoms with van der Waals surface area (Å²) in [5.74, 6) is 0.0852. The number of halogens is 2. The molecule has 0 spiro atoms. The Kier molecular flexibility index (Phi) is 9.46. The second kappa shape index (κ2) is 11.5. The highest BCUT2D eigenvalue weighted by Gasteiger charge is 2.30. The highest BCUT2D eigenvalue weighted by molar-refractivity contribution is 7.91. The van der Waals surface area contributed by atoms with E-state index in [1.807, 2.05) is 32.8 Å². The van der Waals surface area contributed by atoms with Crippen LogP contribution in [0.5, 0.6) is 5.75 Å². The van der Waals surface area contributed by atoms with E-state index in [9.17, 15) is 17.8 Å². The normalized spacial score (nSPS) is 15.1. The van der Waals surface area contributed by atoms with Crippen molar-refractivity contribution in [1.82, 2.24) is 4.90 Å². The smallest absolute Gasteiger partial charge is 0.387 e. The first-order valence-electron chi connectivity index (χ1n) is 10.7. The lowest BCUT2D eigenvalue weighted by atomic mass is 9.95. The first-order chi connectivity index (χ1) is 15.5. The van der Waals surface area contributed by atoms with Gasteiger partial charge in [0.2, 0.25) is 0 Å². The third kappa shape index (κ3) is 7.39. The molecule has 1 saturated carbocycles. The van der Waals surface area contributed by atoms with Crippen LogP contribution in [-0.2, 0) is 16.5 Å². The van der Waals surface area contributed by atoms with E-state index in [4.69, 9.17) is 5.14 Å². The third-order valence-electron chi connectivity index (χ3n) is 5.25. The fourth-order valence-electron chi connectivity index (χ4n) is 3.61. The predicted molar refractivity (Wildman–Crippen MR) is 135 cm³/mol. The molecule has 7 nitrogen and oxygen atoms in total. The van der Waals surface area contributed by atoms with Gasteiger partial charge >= 0.3 is 12.6 Å². The zero-order valence-corrected chi connectivity index (χ0v) is 21.5. The summed E-state index contributed by atoms with van der Waals surface area (Å²) in [5, 5.41) is 8.63. The summed E-state index contributed by atoms with van der Waals surface area (Å²) < 4.78 is 46.9. The van der Waals surface area contributed by atoms with Gasteiger partial charge in [-0.05, 0) is 79.7 Å². The number of urea groups is 1. The van der Waals surface area contributed by atoms with Crippen LogP contribution in [0.15, 0.2) is 45.7 Å². The van der Waals surface area contributed by atoms with E-state index in [0.29, 0.717) is 23.4 Å². The van der Waals surface area contributed by atoms with Gasteiger partial charge in [0, 0.05) is 12.2 Å². The topological polar surface area (TPSA) is 97.0 Å². The lowest BCUT2D eigenvalue weighted by Gasteiger charge is -2.19. The monoisotopic (exact) mass is 514 g/mol. The fraction of sp³-hybridized carbons (Fsp3) is 0.435. The van der Waals surface area contributed by atoms with Crippen LogP contribution in [-0.4, -0.2) is 35.8 Å². The van der Waals surface area contributed by atoms with E-state index in [1.54, 1.807) is 24.3 Å². The average Bonchev–Trinajstić information content (AvgIpc) is 3.53. The number of benzene rings is 2. The van der Waals surface area contributed by atoms with Gasteiger partial charge in [-0.15, -0.1) is 4.36 Å². The lowest BCUT2D eigenvalue weighted by molar-refractivity contribution is -0.0499. The average molecular weight is 515 g/mol. The molecule has 2 amide bonds. The van der Waals surface area contributed by atoms with Crippen molar-refractivity contribution in [2.45, 2.75) is 56.6 Å². The Morgan fingerprint density at radius 3 is 2.35 bits per heavy atom. The summed E-state index contributed by atoms with van der Waals surface area (Å²) in [5.41, 5.74) is 2.83. The highest BCUT2D eigenvalue weighted by Crippen LogP contribution is 2.47. The number of carbonyl (C=O) groups excluding carboxylic acids is 1. The van der Waals surface area contributed by atoms with E-state index >= 15 is 0 Å². The number of nitrogens with two attached hydrogens (primary N) is 1. The van der Waals surface area contributed by atoms with Gasteiger partial charge in [0.25, 0.3) is 0 Å². The zero-order valence-electron chi connectivity index (χ0n) is 19.7. The molecule has 0 saturated heterocycles. The van der Waals surface area contributed by atoms with Crippen molar-refractivity contribution in [1.29, 1.82) is 0 Å². The van der Waals surface area contributed by atoms with Crippen molar-refractivity contribution in [3.8, 4) is 5.75 Å². The number of ether oxygens (including phenoxy) is 1. The number of nitrogens with one attached hydrogen (secondary N) is 1. The molecule has 0 aliphatic heterocycles. The second-order valence-corrected chi connectivity index (χ2v) is 10.5. The molecule has 34 heavy (non-hydrogen) atoms. The molecule has 11 heteroatoms. The lowest BCUT2D eigenvalue weighted by Crippen LogP contribution is -2.19. The van der Waals surface area contributed by atoms with Gasteiger partial charge in [0.15, 0.2) is 0 Å². The molecule has 0 heterocycles. The minimum absolute atomic E-state index is 0. The van der Waals surface area contributed by atoms with Crippen molar-refractivity contribution in [3.63, 3.8) is 0 Å². The highest BCUT2D eigenvalue weighted by atomic mass is 32.2. The van der Waals surface area contributed by atoms with Crippen LogP contribution < -0.4 is 15.2 Å². The predicted octanol–water partition coefficient (Wildman–Crippen LogP) is 5.40. The molecule has 3 rings (SSSR count). The maximum Gasteiger partial charge on any atom is 0.387 e. The van der Waals surface area contributed by atoms with Gasteiger partial charge in [-0.2, -0.15) is 22.3 Å². The molecule has 2 aromatic carbocycles. The Hall–Kier alpha value is -2.21. The van der Waals surface area contributed by atoms with Gasteiger partial charge in [0.1, 0.15) is 15.7 Å². The molecule has 1 aliphatic rings. The number of amides is 2. The number of hydrogen-bond donors (Lipinski definition) is 2. The Morgan fingerprint density at radius 2 is 1.85 bits per heavy atom. The summed E-state index contributed by atoms with van der Waals surface area (Å²) in [7, 11) is 0.401. The van der Waals surface area contributed by atoms with Crippen molar-refractivity contribution in [2.75, 3.05) is 19.4 Å². The Morgan fingerprint density at radius 1 is 1.24 bits per heavy atom. The van der Waals surface area contributed by atoms with Crippen LogP contribution >= 0.6 is 13.5 Å². The molecule has 3 N–H and O–H groups in total. The number of nitrogens with zero attached hydrogens (tertiary/aromatic N) is 2. The Labute approximate surface area is 206 Å². The van der Waals surface area contributed by atoms with Crippen LogP contribution in [0.1, 0.15) is 55.2 Å². The molecular weight excluding hydrogens is 482 g/mol. The molecule has 1 unspecified atom stereocenters. The maximum absolute atomic E-state index is 13.0. The van der Waals surface area contributed by atoms with E-state index in [0.717, 1.165) is 18.4 Å². The van der Waals surface area contributed by atoms with Crippen LogP contribution in [0.25, 0.3) is 0 Å². The number of alkyl halides is 2. The largest absolute Gasteiger partial charge is 0.435 e. The van der Waals surface area contributed by atoms with Gasteiger partial charge in [-0.1, -0.05) is 26.0 Å². The van der Waals surface area contributed by atoms with Crippen LogP contribution in [0.3, 0.4) is 0 Å². The van der Waals surface area contributed by atoms with Crippen molar-refractivity contribution in [2.24, 2.45) is 9.50 Å². The Balaban J connectivity index is 0.00000408. The first-order valence-corrected chi connectivity index (χ1v) is 12.3. The molecule has 0 bridgehead atoms.